The van der Waals surface area contributed by atoms with Crippen molar-refractivity contribution in [3.05, 3.63) is 88.7 Å². The first-order valence-electron chi connectivity index (χ1n) is 10.7. The lowest BCUT2D eigenvalue weighted by molar-refractivity contribution is -0.118. The second-order valence-electron chi connectivity index (χ2n) is 7.70. The van der Waals surface area contributed by atoms with Crippen molar-refractivity contribution in [2.45, 2.75) is 13.8 Å². The Kier molecular flexibility index (Phi) is 8.20. The molecule has 0 atom stereocenters. The van der Waals surface area contributed by atoms with Gasteiger partial charge in [0.1, 0.15) is 17.5 Å². The third-order valence-corrected chi connectivity index (χ3v) is 4.98. The van der Waals surface area contributed by atoms with E-state index in [9.17, 15) is 19.2 Å². The van der Waals surface area contributed by atoms with Gasteiger partial charge in [-0.1, -0.05) is 23.8 Å². The standard InChI is InChI=1S/C27H24FN3O4/c1-17-4-10-23(18(2)12-17)31-27(33)20(15-29)13-19-5-11-24(25(14-19)34-3)35-16-26(32)30-22-8-6-21(28)7-9-22/h4-14H,16H2,1-3H3,(H,30,32)(H,31,33). The number of carbonyl (C=O) groups is 2. The number of hydrogen-bond acceptors (Lipinski definition) is 5. The Hall–Kier alpha value is -4.64. The smallest absolute Gasteiger partial charge is 0.266 e. The summed E-state index contributed by atoms with van der Waals surface area (Å²) in [6, 6.07) is 17.7. The summed E-state index contributed by atoms with van der Waals surface area (Å²) >= 11 is 0. The van der Waals surface area contributed by atoms with Gasteiger partial charge in [0.2, 0.25) is 0 Å². The number of nitriles is 1. The highest BCUT2D eigenvalue weighted by Crippen LogP contribution is 2.29. The van der Waals surface area contributed by atoms with E-state index in [4.69, 9.17) is 9.47 Å². The molecule has 3 aromatic carbocycles. The number of aryl methyl sites for hydroxylation is 2. The Labute approximate surface area is 202 Å². The minimum Gasteiger partial charge on any atom is -0.493 e. The number of nitrogens with zero attached hydrogens (tertiary/aromatic N) is 1. The van der Waals surface area contributed by atoms with Gasteiger partial charge in [-0.2, -0.15) is 5.26 Å². The Morgan fingerprint density at radius 1 is 1.00 bits per heavy atom. The van der Waals surface area contributed by atoms with Crippen LogP contribution < -0.4 is 20.1 Å². The molecule has 0 saturated carbocycles. The lowest BCUT2D eigenvalue weighted by Gasteiger charge is -2.12. The fourth-order valence-electron chi connectivity index (χ4n) is 3.23. The number of nitrogens with one attached hydrogen (secondary N) is 2. The molecule has 3 aromatic rings. The van der Waals surface area contributed by atoms with E-state index in [1.54, 1.807) is 24.3 Å². The number of carbonyl (C=O) groups excluding carboxylic acids is 2. The summed E-state index contributed by atoms with van der Waals surface area (Å²) < 4.78 is 23.9. The Morgan fingerprint density at radius 3 is 2.40 bits per heavy atom. The van der Waals surface area contributed by atoms with Crippen LogP contribution in [-0.2, 0) is 9.59 Å². The van der Waals surface area contributed by atoms with Crippen molar-refractivity contribution in [2.75, 3.05) is 24.4 Å². The third-order valence-electron chi connectivity index (χ3n) is 4.98. The van der Waals surface area contributed by atoms with Gasteiger partial charge in [-0.05, 0) is 73.5 Å². The molecule has 0 aliphatic rings. The maximum atomic E-state index is 13.0. The van der Waals surface area contributed by atoms with E-state index < -0.39 is 17.6 Å². The monoisotopic (exact) mass is 473 g/mol. The van der Waals surface area contributed by atoms with Gasteiger partial charge in [0.05, 0.1) is 7.11 Å². The number of methoxy groups -OCH3 is 1. The zero-order valence-corrected chi connectivity index (χ0v) is 19.5. The van der Waals surface area contributed by atoms with Crippen molar-refractivity contribution >= 4 is 29.3 Å². The molecular formula is C27H24FN3O4. The number of anilines is 2. The first-order valence-corrected chi connectivity index (χ1v) is 10.7. The van der Waals surface area contributed by atoms with Crippen LogP contribution in [0.4, 0.5) is 15.8 Å². The normalized spacial score (nSPS) is 10.8. The Bertz CT molecular complexity index is 1310. The van der Waals surface area contributed by atoms with Crippen molar-refractivity contribution < 1.29 is 23.5 Å². The molecule has 0 fully saturated rings. The zero-order valence-electron chi connectivity index (χ0n) is 19.5. The summed E-state index contributed by atoms with van der Waals surface area (Å²) in [6.07, 6.45) is 1.44. The second-order valence-corrected chi connectivity index (χ2v) is 7.70. The van der Waals surface area contributed by atoms with Crippen LogP contribution in [0.5, 0.6) is 11.5 Å². The highest BCUT2D eigenvalue weighted by atomic mass is 19.1. The van der Waals surface area contributed by atoms with E-state index >= 15 is 0 Å². The van der Waals surface area contributed by atoms with Crippen LogP contribution in [0, 0.1) is 31.0 Å². The molecule has 2 amide bonds. The summed E-state index contributed by atoms with van der Waals surface area (Å²) in [5.74, 6) is -0.744. The molecule has 0 aliphatic heterocycles. The average Bonchev–Trinajstić information content (AvgIpc) is 2.84. The van der Waals surface area contributed by atoms with Crippen LogP contribution in [0.3, 0.4) is 0 Å². The van der Waals surface area contributed by atoms with Gasteiger partial charge >= 0.3 is 0 Å². The molecule has 0 aliphatic carbocycles. The van der Waals surface area contributed by atoms with E-state index in [0.29, 0.717) is 28.4 Å². The summed E-state index contributed by atoms with van der Waals surface area (Å²) in [5.41, 5.74) is 3.48. The van der Waals surface area contributed by atoms with Crippen LogP contribution in [0.1, 0.15) is 16.7 Å². The molecule has 0 unspecified atom stereocenters. The van der Waals surface area contributed by atoms with Gasteiger partial charge in [-0.15, -0.1) is 0 Å². The highest BCUT2D eigenvalue weighted by molar-refractivity contribution is 6.10. The average molecular weight is 474 g/mol. The molecule has 35 heavy (non-hydrogen) atoms. The predicted octanol–water partition coefficient (Wildman–Crippen LogP) is 5.01. The Morgan fingerprint density at radius 2 is 1.74 bits per heavy atom. The molecule has 0 saturated heterocycles. The van der Waals surface area contributed by atoms with Crippen molar-refractivity contribution in [1.82, 2.24) is 0 Å². The minimum absolute atomic E-state index is 0.0839. The fourth-order valence-corrected chi connectivity index (χ4v) is 3.23. The number of amides is 2. The summed E-state index contributed by atoms with van der Waals surface area (Å²) in [4.78, 5) is 24.8. The molecule has 7 nitrogen and oxygen atoms in total. The molecule has 8 heteroatoms. The van der Waals surface area contributed by atoms with E-state index in [0.717, 1.165) is 11.1 Å². The van der Waals surface area contributed by atoms with E-state index in [1.807, 2.05) is 32.0 Å². The SMILES string of the molecule is COc1cc(C=C(C#N)C(=O)Nc2ccc(C)cc2C)ccc1OCC(=O)Nc1ccc(F)cc1. The molecule has 0 aromatic heterocycles. The van der Waals surface area contributed by atoms with Gasteiger partial charge < -0.3 is 20.1 Å². The predicted molar refractivity (Wildman–Crippen MR) is 132 cm³/mol. The first-order chi connectivity index (χ1) is 16.8. The molecule has 0 bridgehead atoms. The number of benzene rings is 3. The van der Waals surface area contributed by atoms with Crippen molar-refractivity contribution in [3.8, 4) is 17.6 Å². The van der Waals surface area contributed by atoms with Crippen molar-refractivity contribution in [1.29, 1.82) is 5.26 Å². The van der Waals surface area contributed by atoms with Gasteiger partial charge in [0.15, 0.2) is 18.1 Å². The number of rotatable bonds is 8. The van der Waals surface area contributed by atoms with Crippen LogP contribution in [0.2, 0.25) is 0 Å². The first kappa shape index (κ1) is 25.0. The lowest BCUT2D eigenvalue weighted by Crippen LogP contribution is -2.20. The number of halogens is 1. The molecular weight excluding hydrogens is 449 g/mol. The molecule has 0 spiro atoms. The topological polar surface area (TPSA) is 100 Å². The van der Waals surface area contributed by atoms with Crippen molar-refractivity contribution in [2.24, 2.45) is 0 Å². The van der Waals surface area contributed by atoms with Crippen LogP contribution >= 0.6 is 0 Å². The number of ether oxygens (including phenoxy) is 2. The van der Waals surface area contributed by atoms with Gasteiger partial charge in [0, 0.05) is 11.4 Å². The maximum Gasteiger partial charge on any atom is 0.266 e. The fraction of sp³-hybridized carbons (Fsp3) is 0.148. The largest absolute Gasteiger partial charge is 0.493 e. The van der Waals surface area contributed by atoms with Gasteiger partial charge in [-0.25, -0.2) is 4.39 Å². The summed E-state index contributed by atoms with van der Waals surface area (Å²) in [7, 11) is 1.44. The maximum absolute atomic E-state index is 13.0. The van der Waals surface area contributed by atoms with Crippen LogP contribution in [0.15, 0.2) is 66.2 Å². The quantitative estimate of drug-likeness (QED) is 0.354. The zero-order chi connectivity index (χ0) is 25.4. The van der Waals surface area contributed by atoms with Crippen LogP contribution in [0.25, 0.3) is 6.08 Å². The Balaban J connectivity index is 1.68. The third kappa shape index (κ3) is 6.92. The van der Waals surface area contributed by atoms with Crippen LogP contribution in [-0.4, -0.2) is 25.5 Å². The van der Waals surface area contributed by atoms with Gasteiger partial charge in [-0.3, -0.25) is 9.59 Å². The van der Waals surface area contributed by atoms with E-state index in [1.165, 1.54) is 37.5 Å². The number of hydrogen-bond donors (Lipinski definition) is 2. The molecule has 2 N–H and O–H groups in total. The second kappa shape index (κ2) is 11.5. The molecule has 0 radical (unpaired) electrons. The summed E-state index contributed by atoms with van der Waals surface area (Å²) in [6.45, 7) is 3.53. The molecule has 0 heterocycles. The van der Waals surface area contributed by atoms with E-state index in [2.05, 4.69) is 10.6 Å². The van der Waals surface area contributed by atoms with Gasteiger partial charge in [0.25, 0.3) is 11.8 Å². The summed E-state index contributed by atoms with van der Waals surface area (Å²) in [5, 5.41) is 14.9. The van der Waals surface area contributed by atoms with Crippen molar-refractivity contribution in [3.63, 3.8) is 0 Å². The molecule has 3 rings (SSSR count). The lowest BCUT2D eigenvalue weighted by atomic mass is 10.1. The minimum atomic E-state index is -0.531. The molecule has 178 valence electrons. The highest BCUT2D eigenvalue weighted by Gasteiger charge is 2.13. The van der Waals surface area contributed by atoms with E-state index in [-0.39, 0.29) is 12.2 Å².